The maximum atomic E-state index is 13.4. The quantitative estimate of drug-likeness (QED) is 0.675. The Morgan fingerprint density at radius 1 is 1.25 bits per heavy atom. The summed E-state index contributed by atoms with van der Waals surface area (Å²) in [5.41, 5.74) is 2.51. The average molecular weight is 344 g/mol. The number of aromatic nitrogens is 2. The van der Waals surface area contributed by atoms with E-state index in [1.165, 1.54) is 12.1 Å². The summed E-state index contributed by atoms with van der Waals surface area (Å²) in [6, 6.07) is 9.48. The van der Waals surface area contributed by atoms with Crippen molar-refractivity contribution in [3.63, 3.8) is 0 Å². The number of rotatable bonds is 3. The first-order valence-corrected chi connectivity index (χ1v) is 7.74. The molecule has 0 aliphatic rings. The molecule has 122 valence electrons. The molecule has 1 aromatic carbocycles. The highest BCUT2D eigenvalue weighted by Gasteiger charge is 2.17. The van der Waals surface area contributed by atoms with Crippen molar-refractivity contribution in [2.75, 3.05) is 7.05 Å². The van der Waals surface area contributed by atoms with Crippen molar-refractivity contribution in [3.05, 3.63) is 70.4 Å². The van der Waals surface area contributed by atoms with Gasteiger partial charge >= 0.3 is 0 Å². The van der Waals surface area contributed by atoms with Gasteiger partial charge in [0.15, 0.2) is 0 Å². The van der Waals surface area contributed by atoms with Crippen molar-refractivity contribution in [2.45, 2.75) is 13.5 Å². The second-order valence-electron chi connectivity index (χ2n) is 5.62. The molecule has 0 saturated carbocycles. The number of benzene rings is 1. The Bertz CT molecular complexity index is 907. The molecule has 4 nitrogen and oxygen atoms in total. The monoisotopic (exact) mass is 343 g/mol. The van der Waals surface area contributed by atoms with Gasteiger partial charge in [-0.25, -0.2) is 9.37 Å². The first-order valence-electron chi connectivity index (χ1n) is 7.37. The highest BCUT2D eigenvalue weighted by atomic mass is 35.5. The Balaban J connectivity index is 1.94. The number of hydrogen-bond acceptors (Lipinski definition) is 3. The third kappa shape index (κ3) is 3.36. The molecule has 0 radical (unpaired) electrons. The number of hydrogen-bond donors (Lipinski definition) is 0. The summed E-state index contributed by atoms with van der Waals surface area (Å²) in [6.45, 7) is 2.18. The van der Waals surface area contributed by atoms with Crippen LogP contribution in [0.5, 0.6) is 0 Å². The van der Waals surface area contributed by atoms with Gasteiger partial charge in [-0.3, -0.25) is 9.78 Å². The van der Waals surface area contributed by atoms with Crippen molar-refractivity contribution in [1.29, 1.82) is 0 Å². The van der Waals surface area contributed by atoms with Crippen LogP contribution in [0, 0.1) is 12.7 Å². The smallest absolute Gasteiger partial charge is 0.254 e. The molecule has 6 heteroatoms. The van der Waals surface area contributed by atoms with Crippen LogP contribution in [0.1, 0.15) is 21.6 Å². The number of pyridine rings is 2. The van der Waals surface area contributed by atoms with Crippen LogP contribution < -0.4 is 0 Å². The van der Waals surface area contributed by atoms with Crippen LogP contribution in [0.2, 0.25) is 5.15 Å². The van der Waals surface area contributed by atoms with Crippen molar-refractivity contribution in [2.24, 2.45) is 0 Å². The topological polar surface area (TPSA) is 46.1 Å². The maximum Gasteiger partial charge on any atom is 0.254 e. The van der Waals surface area contributed by atoms with Crippen molar-refractivity contribution < 1.29 is 9.18 Å². The van der Waals surface area contributed by atoms with E-state index in [4.69, 9.17) is 11.6 Å². The van der Waals surface area contributed by atoms with Gasteiger partial charge in [-0.1, -0.05) is 17.7 Å². The Morgan fingerprint density at radius 3 is 2.75 bits per heavy atom. The Labute approximate surface area is 143 Å². The van der Waals surface area contributed by atoms with Crippen LogP contribution in [0.15, 0.2) is 42.6 Å². The molecular weight excluding hydrogens is 329 g/mol. The molecular formula is C18H15ClFN3O. The van der Waals surface area contributed by atoms with Crippen LogP contribution >= 0.6 is 11.6 Å². The number of amides is 1. The fourth-order valence-corrected chi connectivity index (χ4v) is 2.67. The fraction of sp³-hybridized carbons (Fsp3) is 0.167. The van der Waals surface area contributed by atoms with Crippen LogP contribution in [-0.4, -0.2) is 27.8 Å². The van der Waals surface area contributed by atoms with Gasteiger partial charge < -0.3 is 4.90 Å². The summed E-state index contributed by atoms with van der Waals surface area (Å²) in [6.07, 6.45) is 1.64. The molecule has 3 rings (SSSR count). The third-order valence-corrected chi connectivity index (χ3v) is 3.91. The third-order valence-electron chi connectivity index (χ3n) is 3.69. The number of halogens is 2. The number of aryl methyl sites for hydroxylation is 1. The molecule has 2 aromatic heterocycles. The molecule has 0 unspecified atom stereocenters. The molecule has 0 fully saturated rings. The highest BCUT2D eigenvalue weighted by molar-refractivity contribution is 6.29. The van der Waals surface area contributed by atoms with Gasteiger partial charge in [-0.2, -0.15) is 0 Å². The first kappa shape index (κ1) is 16.3. The Kier molecular flexibility index (Phi) is 4.44. The van der Waals surface area contributed by atoms with E-state index in [-0.39, 0.29) is 11.7 Å². The zero-order valence-corrected chi connectivity index (χ0v) is 14.0. The molecule has 0 bridgehead atoms. The number of carbonyl (C=O) groups excluding carboxylic acids is 1. The van der Waals surface area contributed by atoms with E-state index < -0.39 is 0 Å². The van der Waals surface area contributed by atoms with Crippen molar-refractivity contribution in [1.82, 2.24) is 14.9 Å². The van der Waals surface area contributed by atoms with Crippen LogP contribution in [-0.2, 0) is 6.54 Å². The average Bonchev–Trinajstić information content (AvgIpc) is 2.55. The molecule has 0 N–H and O–H groups in total. The lowest BCUT2D eigenvalue weighted by atomic mass is 10.1. The van der Waals surface area contributed by atoms with Gasteiger partial charge in [0.25, 0.3) is 5.91 Å². The molecule has 0 aliphatic heterocycles. The van der Waals surface area contributed by atoms with Crippen LogP contribution in [0.3, 0.4) is 0 Å². The molecule has 2 heterocycles. The summed E-state index contributed by atoms with van der Waals surface area (Å²) < 4.78 is 13.4. The van der Waals surface area contributed by atoms with Crippen LogP contribution in [0.4, 0.5) is 4.39 Å². The lowest BCUT2D eigenvalue weighted by Crippen LogP contribution is -2.26. The second kappa shape index (κ2) is 6.53. The van der Waals surface area contributed by atoms with Crippen molar-refractivity contribution >= 4 is 28.4 Å². The maximum absolute atomic E-state index is 13.4. The largest absolute Gasteiger partial charge is 0.337 e. The van der Waals surface area contributed by atoms with E-state index in [1.54, 1.807) is 43.3 Å². The fourth-order valence-electron chi connectivity index (χ4n) is 2.56. The number of nitrogens with zero attached hydrogens (tertiary/aromatic N) is 3. The predicted octanol–water partition coefficient (Wildman–Crippen LogP) is 4.00. The zero-order valence-electron chi connectivity index (χ0n) is 13.3. The predicted molar refractivity (Wildman–Crippen MR) is 91.5 cm³/mol. The standard InChI is InChI=1S/C18H15ClFN3O/c1-11-7-15(14-5-4-13(20)8-16(14)22-11)18(24)23(2)10-12-3-6-17(19)21-9-12/h3-9H,10H2,1-2H3. The summed E-state index contributed by atoms with van der Waals surface area (Å²) >= 11 is 5.77. The summed E-state index contributed by atoms with van der Waals surface area (Å²) in [7, 11) is 1.71. The van der Waals surface area contributed by atoms with E-state index in [0.29, 0.717) is 33.9 Å². The van der Waals surface area contributed by atoms with E-state index >= 15 is 0 Å². The van der Waals surface area contributed by atoms with Gasteiger partial charge in [-0.15, -0.1) is 0 Å². The van der Waals surface area contributed by atoms with Crippen LogP contribution in [0.25, 0.3) is 10.9 Å². The summed E-state index contributed by atoms with van der Waals surface area (Å²) in [5.74, 6) is -0.536. The van der Waals surface area contributed by atoms with E-state index in [1.807, 2.05) is 6.07 Å². The van der Waals surface area contributed by atoms with Gasteiger partial charge in [0.2, 0.25) is 0 Å². The van der Waals surface area contributed by atoms with Gasteiger partial charge in [0.05, 0.1) is 11.1 Å². The Hall–Kier alpha value is -2.53. The SMILES string of the molecule is Cc1cc(C(=O)N(C)Cc2ccc(Cl)nc2)c2ccc(F)cc2n1. The molecule has 0 saturated heterocycles. The number of carbonyl (C=O) groups is 1. The molecule has 24 heavy (non-hydrogen) atoms. The first-order chi connectivity index (χ1) is 11.4. The van der Waals surface area contributed by atoms with Gasteiger partial charge in [-0.05, 0) is 36.8 Å². The van der Waals surface area contributed by atoms with Gasteiger partial charge in [0.1, 0.15) is 11.0 Å². The molecule has 0 spiro atoms. The Morgan fingerprint density at radius 2 is 2.04 bits per heavy atom. The van der Waals surface area contributed by atoms with E-state index in [9.17, 15) is 9.18 Å². The highest BCUT2D eigenvalue weighted by Crippen LogP contribution is 2.21. The lowest BCUT2D eigenvalue weighted by molar-refractivity contribution is 0.0786. The number of fused-ring (bicyclic) bond motifs is 1. The lowest BCUT2D eigenvalue weighted by Gasteiger charge is -2.18. The summed E-state index contributed by atoms with van der Waals surface area (Å²) in [5, 5.41) is 1.04. The minimum atomic E-state index is -0.375. The minimum absolute atomic E-state index is 0.160. The second-order valence-corrected chi connectivity index (χ2v) is 6.01. The van der Waals surface area contributed by atoms with Crippen molar-refractivity contribution in [3.8, 4) is 0 Å². The molecule has 1 amide bonds. The minimum Gasteiger partial charge on any atom is -0.337 e. The molecule has 0 aliphatic carbocycles. The zero-order chi connectivity index (χ0) is 17.3. The van der Waals surface area contributed by atoms with Gasteiger partial charge in [0, 0.05) is 36.9 Å². The molecule has 0 atom stereocenters. The normalized spacial score (nSPS) is 10.8. The van der Waals surface area contributed by atoms with E-state index in [2.05, 4.69) is 9.97 Å². The van der Waals surface area contributed by atoms with E-state index in [0.717, 1.165) is 5.56 Å². The summed E-state index contributed by atoms with van der Waals surface area (Å²) in [4.78, 5) is 22.7. The molecule has 3 aromatic rings.